The van der Waals surface area contributed by atoms with Gasteiger partial charge in [0.05, 0.1) is 11.3 Å². The third kappa shape index (κ3) is 5.52. The third-order valence-electron chi connectivity index (χ3n) is 3.05. The summed E-state index contributed by atoms with van der Waals surface area (Å²) in [6.45, 7) is -1.89. The Morgan fingerprint density at radius 1 is 1.12 bits per heavy atom. The van der Waals surface area contributed by atoms with Crippen LogP contribution in [0.5, 0.6) is 5.75 Å². The molecule has 0 unspecified atom stereocenters. The number of amides is 1. The molecule has 0 aromatic heterocycles. The molecule has 0 bridgehead atoms. The van der Waals surface area contributed by atoms with Gasteiger partial charge in [-0.25, -0.2) is 9.18 Å². The molecule has 25 heavy (non-hydrogen) atoms. The van der Waals surface area contributed by atoms with Crippen molar-refractivity contribution >= 4 is 17.6 Å². The van der Waals surface area contributed by atoms with E-state index >= 15 is 0 Å². The first-order valence-electron chi connectivity index (χ1n) is 7.13. The molecule has 0 saturated carbocycles. The van der Waals surface area contributed by atoms with Crippen LogP contribution in [0.15, 0.2) is 42.5 Å². The maximum Gasteiger partial charge on any atom is 0.387 e. The van der Waals surface area contributed by atoms with Gasteiger partial charge in [0.1, 0.15) is 11.6 Å². The summed E-state index contributed by atoms with van der Waals surface area (Å²) in [6, 6.07) is 9.05. The fraction of sp³-hybridized carbons (Fsp3) is 0.176. The predicted octanol–water partition coefficient (Wildman–Crippen LogP) is 3.53. The highest BCUT2D eigenvalue weighted by Crippen LogP contribution is 2.16. The first kappa shape index (κ1) is 18.3. The number of hydrogen-bond acceptors (Lipinski definition) is 4. The van der Waals surface area contributed by atoms with Crippen LogP contribution in [0, 0.1) is 12.7 Å². The fourth-order valence-corrected chi connectivity index (χ4v) is 1.89. The second-order valence-electron chi connectivity index (χ2n) is 5.01. The highest BCUT2D eigenvalue weighted by atomic mass is 19.3. The predicted molar refractivity (Wildman–Crippen MR) is 83.1 cm³/mol. The molecular formula is C17H14F3NO4. The number of halogens is 3. The van der Waals surface area contributed by atoms with Crippen molar-refractivity contribution in [3.63, 3.8) is 0 Å². The lowest BCUT2D eigenvalue weighted by atomic mass is 10.2. The van der Waals surface area contributed by atoms with Crippen LogP contribution >= 0.6 is 0 Å². The van der Waals surface area contributed by atoms with Crippen molar-refractivity contribution in [3.8, 4) is 5.75 Å². The summed E-state index contributed by atoms with van der Waals surface area (Å²) >= 11 is 0. The Kier molecular flexibility index (Phi) is 5.99. The zero-order valence-electron chi connectivity index (χ0n) is 13.1. The van der Waals surface area contributed by atoms with Crippen molar-refractivity contribution < 1.29 is 32.2 Å². The van der Waals surface area contributed by atoms with E-state index in [9.17, 15) is 22.8 Å². The van der Waals surface area contributed by atoms with Gasteiger partial charge in [0.2, 0.25) is 0 Å². The number of benzene rings is 2. The first-order chi connectivity index (χ1) is 11.8. The molecule has 1 N–H and O–H groups in total. The monoisotopic (exact) mass is 353 g/mol. The Morgan fingerprint density at radius 2 is 1.80 bits per heavy atom. The van der Waals surface area contributed by atoms with Gasteiger partial charge in [-0.05, 0) is 48.9 Å². The van der Waals surface area contributed by atoms with Gasteiger partial charge in [-0.1, -0.05) is 6.07 Å². The molecular weight excluding hydrogens is 339 g/mol. The lowest BCUT2D eigenvalue weighted by molar-refractivity contribution is -0.119. The van der Waals surface area contributed by atoms with Crippen LogP contribution < -0.4 is 10.1 Å². The van der Waals surface area contributed by atoms with E-state index in [0.29, 0.717) is 5.56 Å². The number of nitrogens with one attached hydrogen (secondary N) is 1. The van der Waals surface area contributed by atoms with Gasteiger partial charge in [-0.2, -0.15) is 8.78 Å². The van der Waals surface area contributed by atoms with Crippen LogP contribution in [0.1, 0.15) is 15.9 Å². The van der Waals surface area contributed by atoms with Gasteiger partial charge in [0.15, 0.2) is 6.61 Å². The van der Waals surface area contributed by atoms with E-state index in [1.54, 1.807) is 13.0 Å². The van der Waals surface area contributed by atoms with E-state index in [4.69, 9.17) is 4.74 Å². The minimum atomic E-state index is -2.97. The van der Waals surface area contributed by atoms with Gasteiger partial charge in [0.25, 0.3) is 5.91 Å². The Balaban J connectivity index is 1.87. The molecule has 0 spiro atoms. The van der Waals surface area contributed by atoms with E-state index in [1.807, 2.05) is 0 Å². The van der Waals surface area contributed by atoms with Crippen LogP contribution in [-0.2, 0) is 9.53 Å². The summed E-state index contributed by atoms with van der Waals surface area (Å²) in [7, 11) is 0. The van der Waals surface area contributed by atoms with Crippen LogP contribution in [0.4, 0.5) is 18.9 Å². The molecule has 0 radical (unpaired) electrons. The lowest BCUT2D eigenvalue weighted by Gasteiger charge is -2.08. The summed E-state index contributed by atoms with van der Waals surface area (Å²) < 4.78 is 46.6. The molecule has 0 atom stereocenters. The van der Waals surface area contributed by atoms with Gasteiger partial charge < -0.3 is 14.8 Å². The number of esters is 1. The van der Waals surface area contributed by atoms with Crippen molar-refractivity contribution in [2.75, 3.05) is 11.9 Å². The minimum Gasteiger partial charge on any atom is -0.452 e. The molecule has 0 aliphatic rings. The second-order valence-corrected chi connectivity index (χ2v) is 5.01. The van der Waals surface area contributed by atoms with E-state index in [2.05, 4.69) is 10.1 Å². The van der Waals surface area contributed by atoms with Crippen LogP contribution in [0.2, 0.25) is 0 Å². The number of hydrogen-bond donors (Lipinski definition) is 1. The van der Waals surface area contributed by atoms with Crippen LogP contribution in [0.3, 0.4) is 0 Å². The first-order valence-corrected chi connectivity index (χ1v) is 7.13. The fourth-order valence-electron chi connectivity index (χ4n) is 1.89. The molecule has 132 valence electrons. The maximum absolute atomic E-state index is 13.6. The van der Waals surface area contributed by atoms with Gasteiger partial charge in [-0.3, -0.25) is 4.79 Å². The molecule has 0 fully saturated rings. The number of ether oxygens (including phenoxy) is 2. The average Bonchev–Trinajstić information content (AvgIpc) is 2.55. The lowest BCUT2D eigenvalue weighted by Crippen LogP contribution is -2.21. The Labute approximate surface area is 141 Å². The van der Waals surface area contributed by atoms with Gasteiger partial charge in [0, 0.05) is 0 Å². The molecule has 2 rings (SSSR count). The molecule has 2 aromatic carbocycles. The zero-order valence-corrected chi connectivity index (χ0v) is 13.1. The van der Waals surface area contributed by atoms with E-state index < -0.39 is 30.9 Å². The van der Waals surface area contributed by atoms with Crippen molar-refractivity contribution in [2.24, 2.45) is 0 Å². The highest BCUT2D eigenvalue weighted by Gasteiger charge is 2.13. The third-order valence-corrected chi connectivity index (χ3v) is 3.05. The van der Waals surface area contributed by atoms with Gasteiger partial charge >= 0.3 is 12.6 Å². The topological polar surface area (TPSA) is 64.6 Å². The Hall–Kier alpha value is -3.03. The van der Waals surface area contributed by atoms with Crippen molar-refractivity contribution in [2.45, 2.75) is 13.5 Å². The van der Waals surface area contributed by atoms with Crippen molar-refractivity contribution in [3.05, 3.63) is 59.4 Å². The largest absolute Gasteiger partial charge is 0.452 e. The molecule has 0 saturated heterocycles. The highest BCUT2D eigenvalue weighted by molar-refractivity contribution is 5.95. The standard InChI is InChI=1S/C17H14F3NO4/c1-10-2-7-14(13(18)8-10)21-15(22)9-24-16(23)11-3-5-12(6-4-11)25-17(19)20/h2-8,17H,9H2,1H3,(H,21,22). The second kappa shape index (κ2) is 8.18. The number of carbonyl (C=O) groups excluding carboxylic acids is 2. The number of aryl methyl sites for hydroxylation is 1. The molecule has 0 aliphatic carbocycles. The number of rotatable bonds is 6. The maximum atomic E-state index is 13.6. The van der Waals surface area contributed by atoms with Crippen LogP contribution in [0.25, 0.3) is 0 Å². The van der Waals surface area contributed by atoms with Crippen molar-refractivity contribution in [1.29, 1.82) is 0 Å². The average molecular weight is 353 g/mol. The summed E-state index contributed by atoms with van der Waals surface area (Å²) in [5.41, 5.74) is 0.720. The molecule has 2 aromatic rings. The van der Waals surface area contributed by atoms with Gasteiger partial charge in [-0.15, -0.1) is 0 Å². The molecule has 0 aliphatic heterocycles. The summed E-state index contributed by atoms with van der Waals surface area (Å²) in [4.78, 5) is 23.5. The minimum absolute atomic E-state index is 0.0276. The van der Waals surface area contributed by atoms with Crippen molar-refractivity contribution in [1.82, 2.24) is 0 Å². The van der Waals surface area contributed by atoms with Crippen LogP contribution in [-0.4, -0.2) is 25.1 Å². The molecule has 1 amide bonds. The zero-order chi connectivity index (χ0) is 18.4. The quantitative estimate of drug-likeness (QED) is 0.807. The smallest absolute Gasteiger partial charge is 0.387 e. The number of anilines is 1. The summed E-state index contributed by atoms with van der Waals surface area (Å²) in [6.07, 6.45) is 0. The molecule has 0 heterocycles. The SMILES string of the molecule is Cc1ccc(NC(=O)COC(=O)c2ccc(OC(F)F)cc2)c(F)c1. The summed E-state index contributed by atoms with van der Waals surface area (Å²) in [5, 5.41) is 2.28. The molecule has 8 heteroatoms. The Morgan fingerprint density at radius 3 is 2.40 bits per heavy atom. The van der Waals surface area contributed by atoms with E-state index in [1.165, 1.54) is 36.4 Å². The van der Waals surface area contributed by atoms with E-state index in [0.717, 1.165) is 0 Å². The Bertz CT molecular complexity index is 763. The number of alkyl halides is 2. The normalized spacial score (nSPS) is 10.4. The number of carbonyl (C=O) groups is 2. The summed E-state index contributed by atoms with van der Waals surface area (Å²) in [5.74, 6) is -2.26. The molecule has 5 nitrogen and oxygen atoms in total. The van der Waals surface area contributed by atoms with E-state index in [-0.39, 0.29) is 17.0 Å².